The molecule has 0 spiro atoms. The number of hydrogen-bond donors (Lipinski definition) is 1. The van der Waals surface area contributed by atoms with Crippen molar-refractivity contribution in [3.63, 3.8) is 0 Å². The Hall–Kier alpha value is -1.22. The number of ketones is 1. The summed E-state index contributed by atoms with van der Waals surface area (Å²) in [6.45, 7) is 2.26. The summed E-state index contributed by atoms with van der Waals surface area (Å²) in [5, 5.41) is 0. The fourth-order valence-corrected chi connectivity index (χ4v) is 1.59. The zero-order valence-electron chi connectivity index (χ0n) is 8.87. The lowest BCUT2D eigenvalue weighted by Crippen LogP contribution is -2.24. The van der Waals surface area contributed by atoms with Crippen LogP contribution in [0, 0.1) is 11.7 Å². The molecule has 1 unspecified atom stereocenters. The van der Waals surface area contributed by atoms with Gasteiger partial charge in [-0.3, -0.25) is 4.79 Å². The molecule has 1 aromatic rings. The van der Waals surface area contributed by atoms with Crippen LogP contribution in [0.1, 0.15) is 30.1 Å². The van der Waals surface area contributed by atoms with Crippen molar-refractivity contribution in [2.75, 3.05) is 6.54 Å². The predicted octanol–water partition coefficient (Wildman–Crippen LogP) is 2.38. The summed E-state index contributed by atoms with van der Waals surface area (Å²) >= 11 is 0. The molecule has 1 aromatic carbocycles. The van der Waals surface area contributed by atoms with Crippen molar-refractivity contribution < 1.29 is 9.18 Å². The van der Waals surface area contributed by atoms with E-state index in [0.29, 0.717) is 6.42 Å². The Morgan fingerprint density at radius 1 is 1.47 bits per heavy atom. The van der Waals surface area contributed by atoms with E-state index in [1.807, 2.05) is 6.92 Å². The summed E-state index contributed by atoms with van der Waals surface area (Å²) in [4.78, 5) is 11.9. The Balaban J connectivity index is 2.88. The Morgan fingerprint density at radius 3 is 2.67 bits per heavy atom. The molecule has 2 nitrogen and oxygen atoms in total. The molecule has 0 saturated carbocycles. The summed E-state index contributed by atoms with van der Waals surface area (Å²) in [6, 6.07) is 6.04. The van der Waals surface area contributed by atoms with Crippen LogP contribution in [0.25, 0.3) is 0 Å². The molecule has 1 atom stereocenters. The summed E-state index contributed by atoms with van der Waals surface area (Å²) in [6.07, 6.45) is 1.59. The SMILES string of the molecule is CCCC(CN)C(=O)c1ccccc1F. The maximum atomic E-state index is 13.3. The van der Waals surface area contributed by atoms with Crippen LogP contribution in [-0.4, -0.2) is 12.3 Å². The predicted molar refractivity (Wildman–Crippen MR) is 58.2 cm³/mol. The second-order valence-electron chi connectivity index (χ2n) is 3.57. The number of hydrogen-bond acceptors (Lipinski definition) is 2. The standard InChI is InChI=1S/C12H16FNO/c1-2-5-9(8-14)12(15)10-6-3-4-7-11(10)13/h3-4,6-7,9H,2,5,8,14H2,1H3. The van der Waals surface area contributed by atoms with Gasteiger partial charge < -0.3 is 5.73 Å². The maximum absolute atomic E-state index is 13.3. The maximum Gasteiger partial charge on any atom is 0.170 e. The molecule has 0 saturated heterocycles. The molecular weight excluding hydrogens is 193 g/mol. The van der Waals surface area contributed by atoms with Gasteiger partial charge >= 0.3 is 0 Å². The lowest BCUT2D eigenvalue weighted by Gasteiger charge is -2.12. The molecule has 15 heavy (non-hydrogen) atoms. The van der Waals surface area contributed by atoms with E-state index < -0.39 is 5.82 Å². The van der Waals surface area contributed by atoms with Crippen molar-refractivity contribution in [1.29, 1.82) is 0 Å². The molecule has 0 radical (unpaired) electrons. The highest BCUT2D eigenvalue weighted by Gasteiger charge is 2.20. The highest BCUT2D eigenvalue weighted by Crippen LogP contribution is 2.15. The van der Waals surface area contributed by atoms with Gasteiger partial charge in [0.05, 0.1) is 5.56 Å². The fraction of sp³-hybridized carbons (Fsp3) is 0.417. The average Bonchev–Trinajstić information content (AvgIpc) is 2.25. The van der Waals surface area contributed by atoms with E-state index >= 15 is 0 Å². The minimum absolute atomic E-state index is 0.154. The van der Waals surface area contributed by atoms with Gasteiger partial charge in [0.25, 0.3) is 0 Å². The first-order valence-electron chi connectivity index (χ1n) is 5.19. The molecule has 0 bridgehead atoms. The molecule has 0 fully saturated rings. The monoisotopic (exact) mass is 209 g/mol. The number of nitrogens with two attached hydrogens (primary N) is 1. The van der Waals surface area contributed by atoms with Gasteiger partial charge in [0.1, 0.15) is 5.82 Å². The highest BCUT2D eigenvalue weighted by atomic mass is 19.1. The summed E-state index contributed by atoms with van der Waals surface area (Å²) in [5.74, 6) is -0.901. The van der Waals surface area contributed by atoms with Gasteiger partial charge in [0.15, 0.2) is 5.78 Å². The summed E-state index contributed by atoms with van der Waals surface area (Å²) < 4.78 is 13.3. The molecule has 0 aliphatic carbocycles. The minimum atomic E-state index is -0.461. The van der Waals surface area contributed by atoms with E-state index in [0.717, 1.165) is 6.42 Å². The van der Waals surface area contributed by atoms with E-state index in [1.165, 1.54) is 12.1 Å². The van der Waals surface area contributed by atoms with E-state index in [9.17, 15) is 9.18 Å². The van der Waals surface area contributed by atoms with Crippen LogP contribution in [0.2, 0.25) is 0 Å². The second-order valence-corrected chi connectivity index (χ2v) is 3.57. The molecule has 82 valence electrons. The van der Waals surface area contributed by atoms with Gasteiger partial charge in [0, 0.05) is 12.5 Å². The number of benzene rings is 1. The lowest BCUT2D eigenvalue weighted by molar-refractivity contribution is 0.0913. The normalized spacial score (nSPS) is 12.5. The number of carbonyl (C=O) groups excluding carboxylic acids is 1. The van der Waals surface area contributed by atoms with Crippen molar-refractivity contribution in [2.45, 2.75) is 19.8 Å². The number of Topliss-reactive ketones (excluding diaryl/α,β-unsaturated/α-hetero) is 1. The van der Waals surface area contributed by atoms with Crippen molar-refractivity contribution in [2.24, 2.45) is 11.7 Å². The second kappa shape index (κ2) is 5.61. The first-order valence-corrected chi connectivity index (χ1v) is 5.19. The Labute approximate surface area is 89.3 Å². The average molecular weight is 209 g/mol. The summed E-state index contributed by atoms with van der Waals surface area (Å²) in [5.41, 5.74) is 5.66. The van der Waals surface area contributed by atoms with Gasteiger partial charge in [-0.2, -0.15) is 0 Å². The van der Waals surface area contributed by atoms with Gasteiger partial charge in [-0.1, -0.05) is 25.5 Å². The molecular formula is C12H16FNO. The quantitative estimate of drug-likeness (QED) is 0.756. The van der Waals surface area contributed by atoms with Crippen LogP contribution in [0.5, 0.6) is 0 Å². The number of rotatable bonds is 5. The van der Waals surface area contributed by atoms with Crippen LogP contribution in [0.15, 0.2) is 24.3 Å². The van der Waals surface area contributed by atoms with Crippen molar-refractivity contribution in [3.8, 4) is 0 Å². The Bertz CT molecular complexity index is 338. The van der Waals surface area contributed by atoms with Crippen LogP contribution in [0.3, 0.4) is 0 Å². The van der Waals surface area contributed by atoms with Crippen LogP contribution >= 0.6 is 0 Å². The fourth-order valence-electron chi connectivity index (χ4n) is 1.59. The zero-order chi connectivity index (χ0) is 11.3. The third kappa shape index (κ3) is 2.86. The minimum Gasteiger partial charge on any atom is -0.330 e. The third-order valence-electron chi connectivity index (χ3n) is 2.43. The molecule has 0 amide bonds. The molecule has 0 heterocycles. The van der Waals surface area contributed by atoms with E-state index in [2.05, 4.69) is 0 Å². The molecule has 1 rings (SSSR count). The number of halogens is 1. The topological polar surface area (TPSA) is 43.1 Å². The van der Waals surface area contributed by atoms with Crippen molar-refractivity contribution in [1.82, 2.24) is 0 Å². The smallest absolute Gasteiger partial charge is 0.170 e. The lowest BCUT2D eigenvalue weighted by atomic mass is 9.93. The Kier molecular flexibility index (Phi) is 4.43. The van der Waals surface area contributed by atoms with Gasteiger partial charge in [0.2, 0.25) is 0 Å². The van der Waals surface area contributed by atoms with Crippen molar-refractivity contribution >= 4 is 5.78 Å². The zero-order valence-corrected chi connectivity index (χ0v) is 8.87. The van der Waals surface area contributed by atoms with Crippen molar-refractivity contribution in [3.05, 3.63) is 35.6 Å². The summed E-state index contributed by atoms with van der Waals surface area (Å²) in [7, 11) is 0. The largest absolute Gasteiger partial charge is 0.330 e. The molecule has 0 aromatic heterocycles. The first-order chi connectivity index (χ1) is 7.20. The van der Waals surface area contributed by atoms with Gasteiger partial charge in [-0.25, -0.2) is 4.39 Å². The van der Waals surface area contributed by atoms with E-state index in [-0.39, 0.29) is 23.8 Å². The van der Waals surface area contributed by atoms with E-state index in [4.69, 9.17) is 5.73 Å². The van der Waals surface area contributed by atoms with E-state index in [1.54, 1.807) is 12.1 Å². The van der Waals surface area contributed by atoms with Crippen LogP contribution in [0.4, 0.5) is 4.39 Å². The number of carbonyl (C=O) groups is 1. The molecule has 0 aliphatic heterocycles. The van der Waals surface area contributed by atoms with Gasteiger partial charge in [-0.05, 0) is 18.6 Å². The molecule has 3 heteroatoms. The highest BCUT2D eigenvalue weighted by molar-refractivity contribution is 5.98. The Morgan fingerprint density at radius 2 is 2.13 bits per heavy atom. The first kappa shape index (κ1) is 11.9. The van der Waals surface area contributed by atoms with Gasteiger partial charge in [-0.15, -0.1) is 0 Å². The molecule has 0 aliphatic rings. The van der Waals surface area contributed by atoms with Crippen LogP contribution < -0.4 is 5.73 Å². The molecule has 2 N–H and O–H groups in total. The third-order valence-corrected chi connectivity index (χ3v) is 2.43. The van der Waals surface area contributed by atoms with Crippen LogP contribution in [-0.2, 0) is 0 Å².